The molecule has 3 aromatic rings. The molecule has 29 heavy (non-hydrogen) atoms. The Morgan fingerprint density at radius 1 is 1.07 bits per heavy atom. The third-order valence-corrected chi connectivity index (χ3v) is 5.50. The van der Waals surface area contributed by atoms with Gasteiger partial charge in [0.05, 0.1) is 11.2 Å². The van der Waals surface area contributed by atoms with Crippen LogP contribution in [0.15, 0.2) is 65.5 Å². The van der Waals surface area contributed by atoms with Gasteiger partial charge in [-0.25, -0.2) is 9.78 Å². The normalized spacial score (nSPS) is 14.6. The lowest BCUT2D eigenvalue weighted by molar-refractivity contribution is 0.143. The molecule has 2 aromatic carbocycles. The summed E-state index contributed by atoms with van der Waals surface area (Å²) in [7, 11) is 0. The fourth-order valence-electron chi connectivity index (χ4n) is 3.28. The minimum atomic E-state index is -0.0685. The fourth-order valence-corrected chi connectivity index (χ4v) is 3.83. The van der Waals surface area contributed by atoms with Crippen LogP contribution >= 0.6 is 11.3 Å². The van der Waals surface area contributed by atoms with Crippen LogP contribution in [0.1, 0.15) is 11.3 Å². The maximum atomic E-state index is 12.6. The number of nitrogens with one attached hydrogen (secondary N) is 1. The summed E-state index contributed by atoms with van der Waals surface area (Å²) in [5.41, 5.74) is 4.73. The Balaban J connectivity index is 1.26. The second-order valence-corrected chi connectivity index (χ2v) is 7.69. The number of amides is 2. The number of nitrogens with zero attached hydrogens (tertiary/aromatic N) is 3. The molecule has 1 aliphatic rings. The van der Waals surface area contributed by atoms with Crippen LogP contribution in [0.5, 0.6) is 5.75 Å². The quantitative estimate of drug-likeness (QED) is 0.668. The maximum absolute atomic E-state index is 12.6. The Morgan fingerprint density at radius 2 is 1.90 bits per heavy atom. The van der Waals surface area contributed by atoms with E-state index in [1.807, 2.05) is 40.6 Å². The lowest BCUT2D eigenvalue weighted by atomic mass is 10.2. The summed E-state index contributed by atoms with van der Waals surface area (Å²) >= 11 is 1.55. The molecule has 7 heteroatoms. The third kappa shape index (κ3) is 5.56. The van der Waals surface area contributed by atoms with E-state index in [2.05, 4.69) is 39.5 Å². The molecule has 1 fully saturated rings. The van der Waals surface area contributed by atoms with Crippen molar-refractivity contribution in [3.8, 4) is 5.75 Å². The van der Waals surface area contributed by atoms with Crippen LogP contribution in [0.3, 0.4) is 0 Å². The lowest BCUT2D eigenvalue weighted by Gasteiger charge is -2.34. The van der Waals surface area contributed by atoms with Crippen molar-refractivity contribution < 1.29 is 9.53 Å². The van der Waals surface area contributed by atoms with Crippen LogP contribution in [-0.2, 0) is 13.2 Å². The average Bonchev–Trinajstić information content (AvgIpc) is 3.28. The highest BCUT2D eigenvalue weighted by atomic mass is 32.1. The van der Waals surface area contributed by atoms with Gasteiger partial charge in [-0.1, -0.05) is 36.4 Å². The molecule has 4 rings (SSSR count). The number of urea groups is 1. The molecular formula is C22H24N4O2S. The van der Waals surface area contributed by atoms with Gasteiger partial charge in [-0.3, -0.25) is 4.90 Å². The van der Waals surface area contributed by atoms with Crippen molar-refractivity contribution in [2.24, 2.45) is 0 Å². The van der Waals surface area contributed by atoms with Crippen molar-refractivity contribution in [3.05, 3.63) is 76.7 Å². The van der Waals surface area contributed by atoms with E-state index in [-0.39, 0.29) is 6.03 Å². The highest BCUT2D eigenvalue weighted by Crippen LogP contribution is 2.19. The monoisotopic (exact) mass is 408 g/mol. The first-order valence-electron chi connectivity index (χ1n) is 9.68. The SMILES string of the molecule is O=C(Nc1cccc(OCc2cscn2)c1)N1CCN(Cc2ccccc2)CC1. The lowest BCUT2D eigenvalue weighted by Crippen LogP contribution is -2.49. The third-order valence-electron chi connectivity index (χ3n) is 4.86. The molecule has 0 atom stereocenters. The summed E-state index contributed by atoms with van der Waals surface area (Å²) in [5.74, 6) is 0.712. The molecule has 6 nitrogen and oxygen atoms in total. The van der Waals surface area contributed by atoms with Crippen molar-refractivity contribution in [2.75, 3.05) is 31.5 Å². The molecule has 1 aromatic heterocycles. The number of carbonyl (C=O) groups excluding carboxylic acids is 1. The molecule has 0 saturated carbocycles. The molecular weight excluding hydrogens is 384 g/mol. The van der Waals surface area contributed by atoms with E-state index in [1.165, 1.54) is 5.56 Å². The van der Waals surface area contributed by atoms with Gasteiger partial charge in [-0.2, -0.15) is 0 Å². The first kappa shape index (κ1) is 19.4. The second-order valence-electron chi connectivity index (χ2n) is 6.98. The molecule has 150 valence electrons. The zero-order valence-electron chi connectivity index (χ0n) is 16.2. The van der Waals surface area contributed by atoms with E-state index >= 15 is 0 Å². The summed E-state index contributed by atoms with van der Waals surface area (Å²) in [6.45, 7) is 4.54. The topological polar surface area (TPSA) is 57.7 Å². The van der Waals surface area contributed by atoms with E-state index in [1.54, 1.807) is 16.8 Å². The maximum Gasteiger partial charge on any atom is 0.321 e. The molecule has 0 unspecified atom stereocenters. The summed E-state index contributed by atoms with van der Waals surface area (Å²) in [5, 5.41) is 4.95. The van der Waals surface area contributed by atoms with E-state index in [4.69, 9.17) is 4.74 Å². The predicted molar refractivity (Wildman–Crippen MR) is 115 cm³/mol. The molecule has 0 spiro atoms. The highest BCUT2D eigenvalue weighted by molar-refractivity contribution is 7.07. The largest absolute Gasteiger partial charge is 0.487 e. The van der Waals surface area contributed by atoms with Gasteiger partial charge in [0.15, 0.2) is 0 Å². The number of rotatable bonds is 6. The van der Waals surface area contributed by atoms with E-state index in [0.29, 0.717) is 12.4 Å². The Morgan fingerprint density at radius 3 is 2.66 bits per heavy atom. The molecule has 2 heterocycles. The first-order valence-corrected chi connectivity index (χ1v) is 10.6. The summed E-state index contributed by atoms with van der Waals surface area (Å²) in [6, 6.07) is 17.8. The smallest absolute Gasteiger partial charge is 0.321 e. The van der Waals surface area contributed by atoms with Crippen LogP contribution in [0, 0.1) is 0 Å². The zero-order valence-corrected chi connectivity index (χ0v) is 17.0. The summed E-state index contributed by atoms with van der Waals surface area (Å²) in [4.78, 5) is 21.1. The predicted octanol–water partition coefficient (Wildman–Crippen LogP) is 4.07. The molecule has 0 aliphatic carbocycles. The van der Waals surface area contributed by atoms with Gasteiger partial charge in [0, 0.05) is 49.9 Å². The number of ether oxygens (including phenoxy) is 1. The van der Waals surface area contributed by atoms with Gasteiger partial charge >= 0.3 is 6.03 Å². The van der Waals surface area contributed by atoms with Crippen LogP contribution < -0.4 is 10.1 Å². The molecule has 1 N–H and O–H groups in total. The van der Waals surface area contributed by atoms with Crippen molar-refractivity contribution in [3.63, 3.8) is 0 Å². The van der Waals surface area contributed by atoms with Gasteiger partial charge in [0.25, 0.3) is 0 Å². The minimum absolute atomic E-state index is 0.0685. The number of carbonyl (C=O) groups is 1. The minimum Gasteiger partial charge on any atom is -0.487 e. The Labute approximate surface area is 174 Å². The van der Waals surface area contributed by atoms with Crippen molar-refractivity contribution in [1.29, 1.82) is 0 Å². The van der Waals surface area contributed by atoms with E-state index in [0.717, 1.165) is 44.1 Å². The van der Waals surface area contributed by atoms with E-state index in [9.17, 15) is 4.79 Å². The number of anilines is 1. The number of hydrogen-bond acceptors (Lipinski definition) is 5. The standard InChI is InChI=1S/C22H24N4O2S/c27-22(26-11-9-25(10-12-26)14-18-5-2-1-3-6-18)24-19-7-4-8-21(13-19)28-15-20-16-29-17-23-20/h1-8,13,16-17H,9-12,14-15H2,(H,24,27). The number of piperazine rings is 1. The molecule has 1 saturated heterocycles. The van der Waals surface area contributed by atoms with Crippen LogP contribution in [-0.4, -0.2) is 47.0 Å². The van der Waals surface area contributed by atoms with Crippen LogP contribution in [0.4, 0.5) is 10.5 Å². The van der Waals surface area contributed by atoms with Crippen molar-refractivity contribution >= 4 is 23.1 Å². The number of thiazole rings is 1. The van der Waals surface area contributed by atoms with Crippen molar-refractivity contribution in [1.82, 2.24) is 14.8 Å². The second kappa shape index (κ2) is 9.54. The summed E-state index contributed by atoms with van der Waals surface area (Å²) < 4.78 is 5.76. The fraction of sp³-hybridized carbons (Fsp3) is 0.273. The number of benzene rings is 2. The van der Waals surface area contributed by atoms with Gasteiger partial charge in [-0.15, -0.1) is 11.3 Å². The number of hydrogen-bond donors (Lipinski definition) is 1. The van der Waals surface area contributed by atoms with Crippen molar-refractivity contribution in [2.45, 2.75) is 13.2 Å². The Hall–Kier alpha value is -2.90. The van der Waals surface area contributed by atoms with Crippen LogP contribution in [0.25, 0.3) is 0 Å². The Bertz CT molecular complexity index is 910. The molecule has 0 bridgehead atoms. The van der Waals surface area contributed by atoms with Crippen LogP contribution in [0.2, 0.25) is 0 Å². The van der Waals surface area contributed by atoms with Gasteiger partial charge in [-0.05, 0) is 17.7 Å². The molecule has 1 aliphatic heterocycles. The average molecular weight is 409 g/mol. The summed E-state index contributed by atoms with van der Waals surface area (Å²) in [6.07, 6.45) is 0. The highest BCUT2D eigenvalue weighted by Gasteiger charge is 2.21. The zero-order chi connectivity index (χ0) is 19.9. The number of aromatic nitrogens is 1. The Kier molecular flexibility index (Phi) is 6.38. The van der Waals surface area contributed by atoms with Gasteiger partial charge in [0.2, 0.25) is 0 Å². The van der Waals surface area contributed by atoms with Gasteiger partial charge < -0.3 is 15.0 Å². The van der Waals surface area contributed by atoms with Gasteiger partial charge in [0.1, 0.15) is 12.4 Å². The molecule has 2 amide bonds. The molecule has 0 radical (unpaired) electrons. The first-order chi connectivity index (χ1) is 14.3. The van der Waals surface area contributed by atoms with E-state index < -0.39 is 0 Å².